The van der Waals surface area contributed by atoms with Gasteiger partial charge in [-0.2, -0.15) is 0 Å². The molecule has 0 aliphatic rings. The number of amides is 2. The molecule has 0 saturated heterocycles. The molecule has 1 atom stereocenters. The molecule has 1 heterocycles. The number of hydrogen-bond donors (Lipinski definition) is 2. The fourth-order valence-electron chi connectivity index (χ4n) is 4.10. The number of carbonyl (C=O) groups is 3. The third kappa shape index (κ3) is 8.53. The van der Waals surface area contributed by atoms with Crippen molar-refractivity contribution in [2.24, 2.45) is 0 Å². The Hall–Kier alpha value is -4.43. The monoisotopic (exact) mass is 573 g/mol. The van der Waals surface area contributed by atoms with Gasteiger partial charge in [-0.3, -0.25) is 9.59 Å². The summed E-state index contributed by atoms with van der Waals surface area (Å²) in [5.41, 5.74) is 2.98. The van der Waals surface area contributed by atoms with Crippen LogP contribution in [0.3, 0.4) is 0 Å². The number of nitrogens with zero attached hydrogens (tertiary/aromatic N) is 1. The van der Waals surface area contributed by atoms with Gasteiger partial charge in [0, 0.05) is 28.3 Å². The van der Waals surface area contributed by atoms with Gasteiger partial charge in [0.2, 0.25) is 5.89 Å². The average Bonchev–Trinajstić information content (AvgIpc) is 3.44. The number of carbonyl (C=O) groups excluding carboxylic acids is 3. The van der Waals surface area contributed by atoms with Gasteiger partial charge in [-0.05, 0) is 81.1 Å². The number of hydrogen-bond acceptors (Lipinski definition) is 6. The van der Waals surface area contributed by atoms with E-state index < -0.39 is 17.7 Å². The highest BCUT2D eigenvalue weighted by atomic mass is 35.5. The lowest BCUT2D eigenvalue weighted by atomic mass is 10.0. The first kappa shape index (κ1) is 29.6. The summed E-state index contributed by atoms with van der Waals surface area (Å²) in [6.07, 6.45) is 2.89. The lowest BCUT2D eigenvalue weighted by Gasteiger charge is -2.20. The molecule has 4 rings (SSSR count). The molecule has 0 spiro atoms. The van der Waals surface area contributed by atoms with Crippen LogP contribution in [0.25, 0.3) is 22.5 Å². The first-order valence-corrected chi connectivity index (χ1v) is 13.6. The van der Waals surface area contributed by atoms with E-state index in [0.29, 0.717) is 47.2 Å². The molecule has 0 radical (unpaired) electrons. The zero-order valence-corrected chi connectivity index (χ0v) is 23.9. The van der Waals surface area contributed by atoms with Gasteiger partial charge in [-0.25, -0.2) is 9.78 Å². The fraction of sp³-hybridized carbons (Fsp3) is 0.250. The number of aromatic nitrogens is 1. The van der Waals surface area contributed by atoms with E-state index in [0.717, 1.165) is 23.0 Å². The molecule has 0 aliphatic heterocycles. The Morgan fingerprint density at radius 3 is 2.39 bits per heavy atom. The smallest absolute Gasteiger partial charge is 0.407 e. The molecular weight excluding hydrogens is 542 g/mol. The van der Waals surface area contributed by atoms with Gasteiger partial charge in [0.05, 0.1) is 6.20 Å². The lowest BCUT2D eigenvalue weighted by Crippen LogP contribution is -2.34. The van der Waals surface area contributed by atoms with Crippen molar-refractivity contribution in [3.05, 3.63) is 101 Å². The van der Waals surface area contributed by atoms with Crippen molar-refractivity contribution in [1.29, 1.82) is 0 Å². The largest absolute Gasteiger partial charge is 0.444 e. The standard InChI is InChI=1S/C32H32ClN3O5/c1-32(2,3)41-31(39)34-17-5-8-27(30-35-19-28(40-30)23-13-15-26(33)16-14-23)36-29(38)25-7-4-6-24(18-25)22-11-9-21(20-37)10-12-22/h4,6-7,9-16,18-20,27H,5,8,17H2,1-3H3,(H,34,39)(H,36,38). The molecule has 0 fully saturated rings. The van der Waals surface area contributed by atoms with Crippen LogP contribution in [0.15, 0.2) is 83.4 Å². The number of oxazole rings is 1. The van der Waals surface area contributed by atoms with Gasteiger partial charge in [0.15, 0.2) is 5.76 Å². The molecule has 1 unspecified atom stereocenters. The van der Waals surface area contributed by atoms with Gasteiger partial charge in [-0.1, -0.05) is 48.0 Å². The van der Waals surface area contributed by atoms with E-state index in [2.05, 4.69) is 15.6 Å². The van der Waals surface area contributed by atoms with Crippen LogP contribution in [-0.2, 0) is 4.74 Å². The van der Waals surface area contributed by atoms with E-state index >= 15 is 0 Å². The molecule has 2 amide bonds. The van der Waals surface area contributed by atoms with E-state index in [4.69, 9.17) is 20.8 Å². The summed E-state index contributed by atoms with van der Waals surface area (Å²) in [7, 11) is 0. The molecule has 0 aliphatic carbocycles. The minimum Gasteiger partial charge on any atom is -0.444 e. The van der Waals surface area contributed by atoms with Crippen molar-refractivity contribution < 1.29 is 23.5 Å². The maximum Gasteiger partial charge on any atom is 0.407 e. The Labute approximate surface area is 244 Å². The summed E-state index contributed by atoms with van der Waals surface area (Å²) in [6.45, 7) is 5.74. The van der Waals surface area contributed by atoms with Crippen molar-refractivity contribution >= 4 is 29.9 Å². The van der Waals surface area contributed by atoms with Crippen LogP contribution in [0.5, 0.6) is 0 Å². The van der Waals surface area contributed by atoms with Crippen molar-refractivity contribution in [1.82, 2.24) is 15.6 Å². The van der Waals surface area contributed by atoms with E-state index in [1.807, 2.05) is 30.3 Å². The highest BCUT2D eigenvalue weighted by Crippen LogP contribution is 2.27. The van der Waals surface area contributed by atoms with E-state index in [1.54, 1.807) is 69.4 Å². The molecule has 3 aromatic carbocycles. The second-order valence-electron chi connectivity index (χ2n) is 10.5. The lowest BCUT2D eigenvalue weighted by molar-refractivity contribution is 0.0525. The number of rotatable bonds is 10. The van der Waals surface area contributed by atoms with Gasteiger partial charge in [0.25, 0.3) is 5.91 Å². The Morgan fingerprint density at radius 2 is 1.71 bits per heavy atom. The second kappa shape index (κ2) is 13.3. The molecule has 2 N–H and O–H groups in total. The molecular formula is C32H32ClN3O5. The second-order valence-corrected chi connectivity index (χ2v) is 10.9. The number of alkyl carbamates (subject to hydrolysis) is 1. The SMILES string of the molecule is CC(C)(C)OC(=O)NCCCC(NC(=O)c1cccc(-c2ccc(C=O)cc2)c1)c1ncc(-c2ccc(Cl)cc2)o1. The van der Waals surface area contributed by atoms with Gasteiger partial charge in [0.1, 0.15) is 17.9 Å². The predicted molar refractivity (Wildman–Crippen MR) is 158 cm³/mol. The topological polar surface area (TPSA) is 111 Å². The number of halogens is 1. The molecule has 0 saturated carbocycles. The summed E-state index contributed by atoms with van der Waals surface area (Å²) in [5.74, 6) is 0.595. The van der Waals surface area contributed by atoms with E-state index in [9.17, 15) is 14.4 Å². The van der Waals surface area contributed by atoms with Crippen molar-refractivity contribution in [3.63, 3.8) is 0 Å². The first-order valence-electron chi connectivity index (χ1n) is 13.3. The van der Waals surface area contributed by atoms with Crippen LogP contribution in [0.2, 0.25) is 5.02 Å². The van der Waals surface area contributed by atoms with Gasteiger partial charge >= 0.3 is 6.09 Å². The fourth-order valence-corrected chi connectivity index (χ4v) is 4.23. The minimum atomic E-state index is -0.595. The first-order chi connectivity index (χ1) is 19.6. The number of aldehydes is 1. The van der Waals surface area contributed by atoms with E-state index in [1.165, 1.54) is 0 Å². The number of ether oxygens (including phenoxy) is 1. The molecule has 0 bridgehead atoms. The van der Waals surface area contributed by atoms with Gasteiger partial charge in [-0.15, -0.1) is 0 Å². The van der Waals surface area contributed by atoms with Crippen LogP contribution < -0.4 is 10.6 Å². The normalized spacial score (nSPS) is 11.9. The highest BCUT2D eigenvalue weighted by Gasteiger charge is 2.22. The molecule has 212 valence electrons. The maximum absolute atomic E-state index is 13.4. The Bertz CT molecular complexity index is 1490. The summed E-state index contributed by atoms with van der Waals surface area (Å²) in [5, 5.41) is 6.39. The Morgan fingerprint density at radius 1 is 1.00 bits per heavy atom. The number of nitrogens with one attached hydrogen (secondary N) is 2. The zero-order valence-electron chi connectivity index (χ0n) is 23.1. The van der Waals surface area contributed by atoms with E-state index in [-0.39, 0.29) is 5.91 Å². The summed E-state index contributed by atoms with van der Waals surface area (Å²) in [6, 6.07) is 21.0. The van der Waals surface area contributed by atoms with Crippen molar-refractivity contribution in [2.45, 2.75) is 45.3 Å². The molecule has 4 aromatic rings. The van der Waals surface area contributed by atoms with Crippen LogP contribution in [-0.4, -0.2) is 35.4 Å². The van der Waals surface area contributed by atoms with Crippen molar-refractivity contribution in [3.8, 4) is 22.5 Å². The van der Waals surface area contributed by atoms with Gasteiger partial charge < -0.3 is 19.8 Å². The van der Waals surface area contributed by atoms with Crippen molar-refractivity contribution in [2.75, 3.05) is 6.54 Å². The molecule has 1 aromatic heterocycles. The molecule has 8 nitrogen and oxygen atoms in total. The summed E-state index contributed by atoms with van der Waals surface area (Å²) in [4.78, 5) is 40.9. The third-order valence-electron chi connectivity index (χ3n) is 6.10. The Kier molecular flexibility index (Phi) is 9.57. The highest BCUT2D eigenvalue weighted by molar-refractivity contribution is 6.30. The number of benzene rings is 3. The van der Waals surface area contributed by atoms with Crippen LogP contribution in [0.4, 0.5) is 4.79 Å². The summed E-state index contributed by atoms with van der Waals surface area (Å²) < 4.78 is 11.4. The zero-order chi connectivity index (χ0) is 29.4. The van der Waals surface area contributed by atoms with Crippen LogP contribution in [0, 0.1) is 0 Å². The van der Waals surface area contributed by atoms with Crippen LogP contribution in [0.1, 0.15) is 66.3 Å². The summed E-state index contributed by atoms with van der Waals surface area (Å²) >= 11 is 6.02. The maximum atomic E-state index is 13.4. The van der Waals surface area contributed by atoms with Crippen LogP contribution >= 0.6 is 11.6 Å². The minimum absolute atomic E-state index is 0.298. The average molecular weight is 574 g/mol. The predicted octanol–water partition coefficient (Wildman–Crippen LogP) is 7.25. The Balaban J connectivity index is 1.50. The quantitative estimate of drug-likeness (QED) is 0.153. The molecule has 9 heteroatoms. The third-order valence-corrected chi connectivity index (χ3v) is 6.35. The molecule has 41 heavy (non-hydrogen) atoms.